The van der Waals surface area contributed by atoms with E-state index < -0.39 is 0 Å². The molecule has 0 amide bonds. The van der Waals surface area contributed by atoms with Crippen LogP contribution >= 0.6 is 0 Å². The molecule has 43 heavy (non-hydrogen) atoms. The summed E-state index contributed by atoms with van der Waals surface area (Å²) in [6.07, 6.45) is 2.04. The van der Waals surface area contributed by atoms with Gasteiger partial charge in [-0.3, -0.25) is 4.98 Å². The number of fused-ring (bicyclic) bond motifs is 6. The second-order valence-corrected chi connectivity index (χ2v) is 12.3. The Labute approximate surface area is 251 Å². The van der Waals surface area contributed by atoms with Gasteiger partial charge in [0.15, 0.2) is 0 Å². The van der Waals surface area contributed by atoms with Crippen molar-refractivity contribution in [3.63, 3.8) is 0 Å². The summed E-state index contributed by atoms with van der Waals surface area (Å²) in [5.41, 5.74) is 9.92. The Bertz CT molecular complexity index is 2360. The lowest BCUT2D eigenvalue weighted by Crippen LogP contribution is -2.24. The van der Waals surface area contributed by atoms with Gasteiger partial charge in [-0.15, -0.1) is 0 Å². The van der Waals surface area contributed by atoms with E-state index in [1.54, 1.807) is 0 Å². The van der Waals surface area contributed by atoms with E-state index >= 15 is 0 Å². The van der Waals surface area contributed by atoms with Crippen LogP contribution in [0.3, 0.4) is 0 Å². The van der Waals surface area contributed by atoms with Crippen LogP contribution in [0.2, 0.25) is 0 Å². The van der Waals surface area contributed by atoms with Gasteiger partial charge in [-0.1, -0.05) is 147 Å². The molecular formula is C42H29N. The monoisotopic (exact) mass is 547 g/mol. The molecule has 1 aliphatic rings. The van der Waals surface area contributed by atoms with Gasteiger partial charge in [-0.2, -0.15) is 0 Å². The van der Waals surface area contributed by atoms with Crippen LogP contribution in [0.15, 0.2) is 140 Å². The molecule has 0 spiro atoms. The van der Waals surface area contributed by atoms with Crippen LogP contribution in [-0.4, -0.2) is 4.98 Å². The summed E-state index contributed by atoms with van der Waals surface area (Å²) in [5.74, 6) is 0. The van der Waals surface area contributed by atoms with Gasteiger partial charge in [0.25, 0.3) is 0 Å². The van der Waals surface area contributed by atoms with E-state index in [-0.39, 0.29) is 5.41 Å². The molecule has 7 aromatic carbocycles. The van der Waals surface area contributed by atoms with Gasteiger partial charge in [0.2, 0.25) is 0 Å². The fourth-order valence-electron chi connectivity index (χ4n) is 7.81. The second-order valence-electron chi connectivity index (χ2n) is 12.3. The number of nitrogens with zero attached hydrogens (tertiary/aromatic N) is 1. The van der Waals surface area contributed by atoms with Crippen molar-refractivity contribution in [2.75, 3.05) is 0 Å². The first-order chi connectivity index (χ1) is 21.1. The lowest BCUT2D eigenvalue weighted by atomic mass is 9.68. The summed E-state index contributed by atoms with van der Waals surface area (Å²) in [4.78, 5) is 5.11. The van der Waals surface area contributed by atoms with Gasteiger partial charge in [0.05, 0.1) is 5.69 Å². The molecule has 8 aromatic rings. The van der Waals surface area contributed by atoms with Crippen LogP contribution < -0.4 is 0 Å². The molecule has 0 saturated carbocycles. The van der Waals surface area contributed by atoms with Crippen LogP contribution in [0.4, 0.5) is 0 Å². The Balaban J connectivity index is 1.43. The molecule has 0 atom stereocenters. The normalized spacial score (nSPS) is 13.5. The minimum absolute atomic E-state index is 0.199. The molecule has 0 bridgehead atoms. The third kappa shape index (κ3) is 3.31. The van der Waals surface area contributed by atoms with E-state index in [1.165, 1.54) is 82.0 Å². The van der Waals surface area contributed by atoms with Crippen LogP contribution in [0, 0.1) is 0 Å². The number of pyridine rings is 1. The van der Waals surface area contributed by atoms with Crippen molar-refractivity contribution >= 4 is 43.1 Å². The molecule has 0 N–H and O–H groups in total. The van der Waals surface area contributed by atoms with Gasteiger partial charge in [-0.05, 0) is 71.1 Å². The Morgan fingerprint density at radius 2 is 1.02 bits per heavy atom. The van der Waals surface area contributed by atoms with Crippen LogP contribution in [-0.2, 0) is 5.41 Å². The largest absolute Gasteiger partial charge is 0.255 e. The second kappa shape index (κ2) is 8.86. The number of hydrogen-bond donors (Lipinski definition) is 0. The van der Waals surface area contributed by atoms with Crippen molar-refractivity contribution in [2.24, 2.45) is 0 Å². The van der Waals surface area contributed by atoms with Crippen LogP contribution in [0.5, 0.6) is 0 Å². The molecule has 0 aliphatic heterocycles. The predicted molar refractivity (Wildman–Crippen MR) is 183 cm³/mol. The van der Waals surface area contributed by atoms with Gasteiger partial charge in [0.1, 0.15) is 0 Å². The van der Waals surface area contributed by atoms with Crippen LogP contribution in [0.25, 0.3) is 76.6 Å². The van der Waals surface area contributed by atoms with Crippen molar-refractivity contribution in [2.45, 2.75) is 19.3 Å². The lowest BCUT2D eigenvalue weighted by Gasteiger charge is -2.36. The Kier molecular flexibility index (Phi) is 5.02. The average Bonchev–Trinajstić information content (AvgIpc) is 3.06. The first-order valence-electron chi connectivity index (χ1n) is 15.1. The molecule has 0 fully saturated rings. The zero-order valence-corrected chi connectivity index (χ0v) is 24.2. The summed E-state index contributed by atoms with van der Waals surface area (Å²) < 4.78 is 0. The Morgan fingerprint density at radius 1 is 0.465 bits per heavy atom. The maximum Gasteiger partial charge on any atom is 0.0755 e. The van der Waals surface area contributed by atoms with Crippen molar-refractivity contribution < 1.29 is 0 Å². The SMILES string of the molecule is CC1(C)c2c(ncc3ccccc23)-c2ccc(-c3c4ccccc4c(-c4ccccc4)c4ccccc34)c3cccc1c23. The van der Waals surface area contributed by atoms with E-state index in [2.05, 4.69) is 147 Å². The Morgan fingerprint density at radius 3 is 1.72 bits per heavy atom. The first-order valence-corrected chi connectivity index (χ1v) is 15.1. The summed E-state index contributed by atoms with van der Waals surface area (Å²) in [6, 6.07) is 48.9. The van der Waals surface area contributed by atoms with Crippen molar-refractivity contribution in [1.82, 2.24) is 4.98 Å². The molecule has 202 valence electrons. The molecule has 1 aromatic heterocycles. The highest BCUT2D eigenvalue weighted by Crippen LogP contribution is 2.53. The van der Waals surface area contributed by atoms with Gasteiger partial charge >= 0.3 is 0 Å². The highest BCUT2D eigenvalue weighted by Gasteiger charge is 2.36. The quantitative estimate of drug-likeness (QED) is 0.196. The van der Waals surface area contributed by atoms with Crippen molar-refractivity contribution in [1.29, 1.82) is 0 Å². The number of aromatic nitrogens is 1. The zero-order valence-electron chi connectivity index (χ0n) is 24.2. The number of benzene rings is 7. The number of hydrogen-bond acceptors (Lipinski definition) is 1. The van der Waals surface area contributed by atoms with Gasteiger partial charge in [0, 0.05) is 22.6 Å². The van der Waals surface area contributed by atoms with E-state index in [0.717, 1.165) is 5.69 Å². The predicted octanol–water partition coefficient (Wildman–Crippen LogP) is 11.3. The lowest BCUT2D eigenvalue weighted by molar-refractivity contribution is 0.648. The van der Waals surface area contributed by atoms with Gasteiger partial charge < -0.3 is 0 Å². The van der Waals surface area contributed by atoms with E-state index in [9.17, 15) is 0 Å². The standard InChI is InChI=1S/C42H29N/c1-42(2)36-22-12-21-33-34(23-24-35(39(33)36)41-40(42)28-16-7-6-15-27(28)25-43-41)38-31-19-10-8-17-29(31)37(26-13-4-3-5-14-26)30-18-9-11-20-32(30)38/h3-25H,1-2H3. The molecule has 0 unspecified atom stereocenters. The topological polar surface area (TPSA) is 12.9 Å². The molecule has 1 heterocycles. The summed E-state index contributed by atoms with van der Waals surface area (Å²) in [7, 11) is 0. The fourth-order valence-corrected chi connectivity index (χ4v) is 7.81. The van der Waals surface area contributed by atoms with Crippen molar-refractivity contribution in [3.05, 3.63) is 151 Å². The molecular weight excluding hydrogens is 518 g/mol. The smallest absolute Gasteiger partial charge is 0.0755 e. The van der Waals surface area contributed by atoms with E-state index in [1.807, 2.05) is 6.20 Å². The summed E-state index contributed by atoms with van der Waals surface area (Å²) in [5, 5.41) is 10.2. The fraction of sp³-hybridized carbons (Fsp3) is 0.0714. The third-order valence-electron chi connectivity index (χ3n) is 9.66. The molecule has 0 radical (unpaired) electrons. The van der Waals surface area contributed by atoms with Crippen LogP contribution in [0.1, 0.15) is 25.0 Å². The molecule has 1 aliphatic carbocycles. The average molecular weight is 548 g/mol. The van der Waals surface area contributed by atoms with Gasteiger partial charge in [-0.25, -0.2) is 0 Å². The zero-order chi connectivity index (χ0) is 28.7. The number of rotatable bonds is 2. The Hall–Kier alpha value is -5.27. The minimum Gasteiger partial charge on any atom is -0.255 e. The van der Waals surface area contributed by atoms with E-state index in [0.29, 0.717) is 0 Å². The first kappa shape index (κ1) is 24.3. The van der Waals surface area contributed by atoms with Crippen molar-refractivity contribution in [3.8, 4) is 33.5 Å². The minimum atomic E-state index is -0.199. The maximum atomic E-state index is 5.11. The molecule has 0 saturated heterocycles. The molecule has 1 nitrogen and oxygen atoms in total. The molecule has 9 rings (SSSR count). The highest BCUT2D eigenvalue weighted by atomic mass is 14.7. The molecule has 1 heteroatoms. The highest BCUT2D eigenvalue weighted by molar-refractivity contribution is 6.24. The summed E-state index contributed by atoms with van der Waals surface area (Å²) >= 11 is 0. The maximum absolute atomic E-state index is 5.11. The third-order valence-corrected chi connectivity index (χ3v) is 9.66. The summed E-state index contributed by atoms with van der Waals surface area (Å²) in [6.45, 7) is 4.73. The van der Waals surface area contributed by atoms with E-state index in [4.69, 9.17) is 4.98 Å².